The van der Waals surface area contributed by atoms with Gasteiger partial charge in [-0.05, 0) is 56.0 Å². The predicted octanol–water partition coefficient (Wildman–Crippen LogP) is 3.91. The van der Waals surface area contributed by atoms with Crippen LogP contribution in [0.25, 0.3) is 6.08 Å². The van der Waals surface area contributed by atoms with Crippen molar-refractivity contribution in [2.75, 3.05) is 39.3 Å². The number of aromatic nitrogens is 1. The fraction of sp³-hybridized carbons (Fsp3) is 0.394. The van der Waals surface area contributed by atoms with Crippen LogP contribution in [0.1, 0.15) is 46.9 Å². The summed E-state index contributed by atoms with van der Waals surface area (Å²) in [6, 6.07) is 17.4. The van der Waals surface area contributed by atoms with Crippen LogP contribution >= 0.6 is 0 Å². The molecule has 0 aliphatic carbocycles. The van der Waals surface area contributed by atoms with E-state index in [0.29, 0.717) is 64.3 Å². The van der Waals surface area contributed by atoms with Crippen LogP contribution in [0, 0.1) is 19.8 Å². The number of ether oxygens (including phenoxy) is 1. The second-order valence-corrected chi connectivity index (χ2v) is 10.9. The van der Waals surface area contributed by atoms with Crippen molar-refractivity contribution < 1.29 is 23.6 Å². The molecule has 220 valence electrons. The number of hydrogen-bond acceptors (Lipinski definition) is 6. The number of nitrogens with zero attached hydrogens (tertiary/aromatic N) is 3. The van der Waals surface area contributed by atoms with Gasteiger partial charge in [0.05, 0.1) is 18.2 Å². The number of carbonyl (C=O) groups excluding carboxylic acids is 3. The van der Waals surface area contributed by atoms with Crippen molar-refractivity contribution in [1.29, 1.82) is 0 Å². The van der Waals surface area contributed by atoms with Crippen LogP contribution in [0.3, 0.4) is 0 Å². The maximum atomic E-state index is 13.4. The van der Waals surface area contributed by atoms with Gasteiger partial charge in [0.2, 0.25) is 17.7 Å². The number of rotatable bonds is 5. The molecule has 2 aliphatic rings. The molecule has 1 aromatic heterocycles. The van der Waals surface area contributed by atoms with Gasteiger partial charge in [-0.25, -0.2) is 0 Å². The number of amides is 3. The standard InChI is InChI=1S/C33H38N4O5/c1-23-28(24(2)42-35-23)13-15-31(38)36-17-7-16-34-33(40)30-22-37(32(39)14-12-25-8-4-3-5-9-25)21-29(30)26-10-6-11-27(20-26)41-19-18-36/h3-6,8-12,14,20,29-30H,7,13,15-19,21-22H2,1-2H3,(H,34,40)/b14-12+/t29-,30+/m1/s1. The van der Waals surface area contributed by atoms with E-state index in [4.69, 9.17) is 9.26 Å². The van der Waals surface area contributed by atoms with E-state index in [1.807, 2.05) is 68.4 Å². The summed E-state index contributed by atoms with van der Waals surface area (Å²) in [6.07, 6.45) is 4.90. The molecule has 1 fully saturated rings. The van der Waals surface area contributed by atoms with Crippen molar-refractivity contribution in [3.8, 4) is 5.75 Å². The lowest BCUT2D eigenvalue weighted by Crippen LogP contribution is -2.39. The van der Waals surface area contributed by atoms with E-state index in [1.165, 1.54) is 0 Å². The molecule has 3 aromatic rings. The van der Waals surface area contributed by atoms with Gasteiger partial charge in [-0.3, -0.25) is 14.4 Å². The third-order valence-corrected chi connectivity index (χ3v) is 8.13. The van der Waals surface area contributed by atoms with Crippen LogP contribution in [0.15, 0.2) is 65.2 Å². The molecule has 9 heteroatoms. The van der Waals surface area contributed by atoms with E-state index in [0.717, 1.165) is 28.1 Å². The Kier molecular flexibility index (Phi) is 9.36. The molecule has 0 radical (unpaired) electrons. The highest BCUT2D eigenvalue weighted by Crippen LogP contribution is 2.35. The third-order valence-electron chi connectivity index (χ3n) is 8.13. The molecule has 3 amide bonds. The van der Waals surface area contributed by atoms with Crippen molar-refractivity contribution in [3.63, 3.8) is 0 Å². The maximum Gasteiger partial charge on any atom is 0.246 e. The first-order valence-electron chi connectivity index (χ1n) is 14.6. The fourth-order valence-electron chi connectivity index (χ4n) is 5.76. The van der Waals surface area contributed by atoms with Crippen LogP contribution in [0.4, 0.5) is 0 Å². The van der Waals surface area contributed by atoms with Crippen molar-refractivity contribution in [2.24, 2.45) is 5.92 Å². The fourth-order valence-corrected chi connectivity index (χ4v) is 5.76. The summed E-state index contributed by atoms with van der Waals surface area (Å²) in [5.74, 6) is 0.722. The maximum absolute atomic E-state index is 13.4. The van der Waals surface area contributed by atoms with E-state index in [9.17, 15) is 14.4 Å². The largest absolute Gasteiger partial charge is 0.492 e. The number of aryl methyl sites for hydroxylation is 2. The summed E-state index contributed by atoms with van der Waals surface area (Å²) in [4.78, 5) is 43.3. The molecule has 42 heavy (non-hydrogen) atoms. The van der Waals surface area contributed by atoms with Gasteiger partial charge in [0.15, 0.2) is 0 Å². The molecule has 0 unspecified atom stereocenters. The smallest absolute Gasteiger partial charge is 0.246 e. The topological polar surface area (TPSA) is 105 Å². The van der Waals surface area contributed by atoms with E-state index >= 15 is 0 Å². The summed E-state index contributed by atoms with van der Waals surface area (Å²) in [5, 5.41) is 7.06. The Hall–Kier alpha value is -4.40. The zero-order valence-corrected chi connectivity index (χ0v) is 24.3. The molecule has 1 N–H and O–H groups in total. The average Bonchev–Trinajstić information content (AvgIpc) is 3.59. The van der Waals surface area contributed by atoms with Crippen LogP contribution in [0.5, 0.6) is 5.75 Å². The molecule has 2 bridgehead atoms. The number of carbonyl (C=O) groups is 3. The zero-order valence-electron chi connectivity index (χ0n) is 24.3. The van der Waals surface area contributed by atoms with Crippen molar-refractivity contribution in [1.82, 2.24) is 20.3 Å². The van der Waals surface area contributed by atoms with Crippen LogP contribution in [-0.4, -0.2) is 72.0 Å². The monoisotopic (exact) mass is 570 g/mol. The summed E-state index contributed by atoms with van der Waals surface area (Å²) in [7, 11) is 0. The Balaban J connectivity index is 1.27. The van der Waals surface area contributed by atoms with E-state index in [2.05, 4.69) is 10.5 Å². The molecule has 1 saturated heterocycles. The molecular weight excluding hydrogens is 532 g/mol. The minimum atomic E-state index is -0.384. The second-order valence-electron chi connectivity index (χ2n) is 10.9. The van der Waals surface area contributed by atoms with Crippen LogP contribution < -0.4 is 10.1 Å². The van der Waals surface area contributed by atoms with Gasteiger partial charge in [0.1, 0.15) is 18.1 Å². The van der Waals surface area contributed by atoms with Gasteiger partial charge < -0.3 is 24.4 Å². The number of nitrogens with one attached hydrogen (secondary N) is 1. The number of fused-ring (bicyclic) bond motifs is 4. The lowest BCUT2D eigenvalue weighted by atomic mass is 9.88. The molecule has 2 atom stereocenters. The highest BCUT2D eigenvalue weighted by Gasteiger charge is 2.40. The molecule has 0 saturated carbocycles. The first-order valence-corrected chi connectivity index (χ1v) is 14.6. The number of benzene rings is 2. The zero-order chi connectivity index (χ0) is 29.5. The summed E-state index contributed by atoms with van der Waals surface area (Å²) >= 11 is 0. The van der Waals surface area contributed by atoms with Crippen LogP contribution in [-0.2, 0) is 20.8 Å². The SMILES string of the molecule is Cc1noc(C)c1CCC(=O)N1CCCNC(=O)[C@H]2CN(C(=O)/C=C/c3ccccc3)C[C@@H]2c2cccc(c2)OCC1. The Morgan fingerprint density at radius 3 is 2.62 bits per heavy atom. The van der Waals surface area contributed by atoms with Crippen molar-refractivity contribution in [3.05, 3.63) is 88.8 Å². The first-order chi connectivity index (χ1) is 20.4. The lowest BCUT2D eigenvalue weighted by molar-refractivity contribution is -0.131. The highest BCUT2D eigenvalue weighted by molar-refractivity contribution is 5.93. The Labute approximate surface area is 246 Å². The van der Waals surface area contributed by atoms with E-state index < -0.39 is 0 Å². The number of likely N-dealkylation sites (tertiary alicyclic amines) is 1. The van der Waals surface area contributed by atoms with Crippen molar-refractivity contribution in [2.45, 2.75) is 39.0 Å². The van der Waals surface area contributed by atoms with E-state index in [1.54, 1.807) is 22.0 Å². The Morgan fingerprint density at radius 2 is 1.83 bits per heavy atom. The summed E-state index contributed by atoms with van der Waals surface area (Å²) < 4.78 is 11.3. The lowest BCUT2D eigenvalue weighted by Gasteiger charge is -2.24. The molecule has 2 aliphatic heterocycles. The van der Waals surface area contributed by atoms with Gasteiger partial charge in [0, 0.05) is 50.2 Å². The highest BCUT2D eigenvalue weighted by atomic mass is 16.5. The van der Waals surface area contributed by atoms with Gasteiger partial charge in [-0.15, -0.1) is 0 Å². The third kappa shape index (κ3) is 7.08. The van der Waals surface area contributed by atoms with Gasteiger partial charge in [-0.2, -0.15) is 0 Å². The summed E-state index contributed by atoms with van der Waals surface area (Å²) in [5.41, 5.74) is 3.69. The quantitative estimate of drug-likeness (QED) is 0.467. The molecule has 2 aromatic carbocycles. The van der Waals surface area contributed by atoms with E-state index in [-0.39, 0.29) is 29.6 Å². The molecule has 9 nitrogen and oxygen atoms in total. The van der Waals surface area contributed by atoms with Crippen LogP contribution in [0.2, 0.25) is 0 Å². The summed E-state index contributed by atoms with van der Waals surface area (Å²) in [6.45, 7) is 6.28. The molecule has 0 spiro atoms. The minimum absolute atomic E-state index is 0.0272. The molecule has 5 rings (SSSR count). The molecule has 3 heterocycles. The minimum Gasteiger partial charge on any atom is -0.492 e. The Bertz CT molecular complexity index is 1410. The van der Waals surface area contributed by atoms with Gasteiger partial charge in [0.25, 0.3) is 0 Å². The number of hydrogen-bond donors (Lipinski definition) is 1. The predicted molar refractivity (Wildman–Crippen MR) is 159 cm³/mol. The van der Waals surface area contributed by atoms with Gasteiger partial charge in [-0.1, -0.05) is 47.6 Å². The Morgan fingerprint density at radius 1 is 1.02 bits per heavy atom. The normalized spacial score (nSPS) is 19.6. The second kappa shape index (κ2) is 13.5. The average molecular weight is 571 g/mol. The van der Waals surface area contributed by atoms with Crippen molar-refractivity contribution >= 4 is 23.8 Å². The molecular formula is C33H38N4O5. The first kappa shape index (κ1) is 29.1. The van der Waals surface area contributed by atoms with Gasteiger partial charge >= 0.3 is 0 Å².